The second-order valence-corrected chi connectivity index (χ2v) is 6.60. The van der Waals surface area contributed by atoms with Gasteiger partial charge in [0.05, 0.1) is 0 Å². The Kier molecular flexibility index (Phi) is 6.63. The lowest BCUT2D eigenvalue weighted by Crippen LogP contribution is -2.38. The Balaban J connectivity index is 1.96. The van der Waals surface area contributed by atoms with E-state index in [1.165, 1.54) is 31.4 Å². The van der Waals surface area contributed by atoms with Crippen molar-refractivity contribution >= 4 is 23.2 Å². The molecular formula is C16H24Cl2N2. The van der Waals surface area contributed by atoms with Crippen LogP contribution in [0.2, 0.25) is 10.0 Å². The summed E-state index contributed by atoms with van der Waals surface area (Å²) >= 11 is 12.2. The van der Waals surface area contributed by atoms with Gasteiger partial charge in [0.25, 0.3) is 0 Å². The van der Waals surface area contributed by atoms with E-state index in [0.29, 0.717) is 0 Å². The number of hydrogen-bond acceptors (Lipinski definition) is 2. The Morgan fingerprint density at radius 2 is 2.00 bits per heavy atom. The van der Waals surface area contributed by atoms with Crippen molar-refractivity contribution in [3.05, 3.63) is 33.8 Å². The van der Waals surface area contributed by atoms with Crippen molar-refractivity contribution in [1.29, 1.82) is 0 Å². The topological polar surface area (TPSA) is 15.3 Å². The van der Waals surface area contributed by atoms with Crippen LogP contribution >= 0.6 is 23.2 Å². The summed E-state index contributed by atoms with van der Waals surface area (Å²) < 4.78 is 0. The summed E-state index contributed by atoms with van der Waals surface area (Å²) in [5, 5.41) is 4.95. The van der Waals surface area contributed by atoms with Crippen LogP contribution in [0.25, 0.3) is 0 Å². The summed E-state index contributed by atoms with van der Waals surface area (Å²) in [4.78, 5) is 2.53. The number of nitrogens with zero attached hydrogens (tertiary/aromatic N) is 1. The molecular weight excluding hydrogens is 291 g/mol. The maximum atomic E-state index is 6.09. The number of nitrogens with one attached hydrogen (secondary N) is 1. The molecule has 2 nitrogen and oxygen atoms in total. The van der Waals surface area contributed by atoms with Crippen molar-refractivity contribution in [2.75, 3.05) is 26.2 Å². The zero-order valence-corrected chi connectivity index (χ0v) is 13.7. The Hall–Kier alpha value is -0.280. The number of piperidine rings is 1. The molecule has 1 heterocycles. The van der Waals surface area contributed by atoms with E-state index < -0.39 is 0 Å². The monoisotopic (exact) mass is 314 g/mol. The average molecular weight is 315 g/mol. The predicted molar refractivity (Wildman–Crippen MR) is 87.6 cm³/mol. The van der Waals surface area contributed by atoms with E-state index in [-0.39, 0.29) is 0 Å². The molecule has 1 saturated heterocycles. The third-order valence-electron chi connectivity index (χ3n) is 3.78. The first kappa shape index (κ1) is 16.1. The largest absolute Gasteiger partial charge is 0.316 e. The Morgan fingerprint density at radius 1 is 1.25 bits per heavy atom. The molecule has 1 aliphatic rings. The third kappa shape index (κ3) is 5.25. The van der Waals surface area contributed by atoms with Crippen molar-refractivity contribution in [3.63, 3.8) is 0 Å². The maximum absolute atomic E-state index is 6.09. The van der Waals surface area contributed by atoms with Crippen LogP contribution < -0.4 is 5.32 Å². The quantitative estimate of drug-likeness (QED) is 0.846. The van der Waals surface area contributed by atoms with E-state index in [4.69, 9.17) is 23.2 Å². The summed E-state index contributed by atoms with van der Waals surface area (Å²) in [5.41, 5.74) is 1.21. The van der Waals surface area contributed by atoms with E-state index in [1.807, 2.05) is 12.1 Å². The first-order valence-electron chi connectivity index (χ1n) is 7.55. The summed E-state index contributed by atoms with van der Waals surface area (Å²) in [6.45, 7) is 7.78. The maximum Gasteiger partial charge on any atom is 0.0424 e. The van der Waals surface area contributed by atoms with Crippen LogP contribution in [0.4, 0.5) is 0 Å². The van der Waals surface area contributed by atoms with E-state index in [9.17, 15) is 0 Å². The molecule has 0 saturated carbocycles. The molecule has 1 fully saturated rings. The van der Waals surface area contributed by atoms with Gasteiger partial charge in [-0.3, -0.25) is 4.90 Å². The van der Waals surface area contributed by atoms with Crippen LogP contribution in [0.3, 0.4) is 0 Å². The second-order valence-electron chi connectivity index (χ2n) is 5.73. The molecule has 1 unspecified atom stereocenters. The molecule has 0 radical (unpaired) electrons. The highest BCUT2D eigenvalue weighted by Crippen LogP contribution is 2.21. The van der Waals surface area contributed by atoms with E-state index in [2.05, 4.69) is 17.1 Å². The highest BCUT2D eigenvalue weighted by atomic mass is 35.5. The van der Waals surface area contributed by atoms with Gasteiger partial charge in [0, 0.05) is 23.1 Å². The second kappa shape index (κ2) is 8.23. The van der Waals surface area contributed by atoms with Crippen LogP contribution in [-0.4, -0.2) is 31.1 Å². The first-order valence-corrected chi connectivity index (χ1v) is 8.31. The molecule has 20 heavy (non-hydrogen) atoms. The predicted octanol–water partition coefficient (Wildman–Crippen LogP) is 4.21. The SMILES string of the molecule is CCCN(Cc1cc(Cl)cc(Cl)c1)CC1CCCNC1. The minimum Gasteiger partial charge on any atom is -0.316 e. The lowest BCUT2D eigenvalue weighted by atomic mass is 9.98. The lowest BCUT2D eigenvalue weighted by molar-refractivity contribution is 0.201. The molecule has 2 rings (SSSR count). The highest BCUT2D eigenvalue weighted by molar-refractivity contribution is 6.34. The molecule has 112 valence electrons. The fourth-order valence-corrected chi connectivity index (χ4v) is 3.53. The van der Waals surface area contributed by atoms with Gasteiger partial charge in [-0.25, -0.2) is 0 Å². The molecule has 4 heteroatoms. The molecule has 0 amide bonds. The minimum atomic E-state index is 0.725. The lowest BCUT2D eigenvalue weighted by Gasteiger charge is -2.30. The average Bonchev–Trinajstić information content (AvgIpc) is 2.39. The number of benzene rings is 1. The molecule has 1 aliphatic heterocycles. The van der Waals surface area contributed by atoms with Gasteiger partial charge in [-0.1, -0.05) is 30.1 Å². The molecule has 1 aromatic carbocycles. The third-order valence-corrected chi connectivity index (χ3v) is 4.22. The van der Waals surface area contributed by atoms with Crippen molar-refractivity contribution in [2.45, 2.75) is 32.7 Å². The highest BCUT2D eigenvalue weighted by Gasteiger charge is 2.17. The molecule has 1 atom stereocenters. The van der Waals surface area contributed by atoms with Gasteiger partial charge in [-0.2, -0.15) is 0 Å². The van der Waals surface area contributed by atoms with Gasteiger partial charge >= 0.3 is 0 Å². The van der Waals surface area contributed by atoms with Gasteiger partial charge in [0.1, 0.15) is 0 Å². The molecule has 0 bridgehead atoms. The summed E-state index contributed by atoms with van der Waals surface area (Å²) in [5.74, 6) is 0.768. The minimum absolute atomic E-state index is 0.725. The standard InChI is InChI=1S/C16H24Cl2N2/c1-2-6-20(11-13-4-3-5-19-10-13)12-14-7-15(17)9-16(18)8-14/h7-9,13,19H,2-6,10-12H2,1H3. The first-order chi connectivity index (χ1) is 9.67. The van der Waals surface area contributed by atoms with Gasteiger partial charge in [-0.05, 0) is 68.6 Å². The molecule has 0 spiro atoms. The van der Waals surface area contributed by atoms with Crippen molar-refractivity contribution in [3.8, 4) is 0 Å². The number of hydrogen-bond donors (Lipinski definition) is 1. The van der Waals surface area contributed by atoms with E-state index in [0.717, 1.165) is 42.1 Å². The Morgan fingerprint density at radius 3 is 2.60 bits per heavy atom. The zero-order chi connectivity index (χ0) is 14.4. The van der Waals surface area contributed by atoms with Crippen molar-refractivity contribution in [1.82, 2.24) is 10.2 Å². The smallest absolute Gasteiger partial charge is 0.0424 e. The Bertz CT molecular complexity index is 397. The van der Waals surface area contributed by atoms with E-state index >= 15 is 0 Å². The summed E-state index contributed by atoms with van der Waals surface area (Å²) in [6, 6.07) is 5.84. The van der Waals surface area contributed by atoms with Gasteiger partial charge in [0.2, 0.25) is 0 Å². The van der Waals surface area contributed by atoms with Gasteiger partial charge in [-0.15, -0.1) is 0 Å². The fourth-order valence-electron chi connectivity index (χ4n) is 2.96. The van der Waals surface area contributed by atoms with Crippen LogP contribution in [0.1, 0.15) is 31.7 Å². The van der Waals surface area contributed by atoms with Gasteiger partial charge in [0.15, 0.2) is 0 Å². The van der Waals surface area contributed by atoms with Crippen LogP contribution in [0.15, 0.2) is 18.2 Å². The number of halogens is 2. The number of rotatable bonds is 6. The van der Waals surface area contributed by atoms with Crippen LogP contribution in [0, 0.1) is 5.92 Å². The zero-order valence-electron chi connectivity index (χ0n) is 12.2. The van der Waals surface area contributed by atoms with Crippen LogP contribution in [0.5, 0.6) is 0 Å². The molecule has 1 N–H and O–H groups in total. The molecule has 1 aromatic rings. The fraction of sp³-hybridized carbons (Fsp3) is 0.625. The Labute approximate surface area is 132 Å². The molecule has 0 aromatic heterocycles. The molecule has 0 aliphatic carbocycles. The van der Waals surface area contributed by atoms with E-state index in [1.54, 1.807) is 6.07 Å². The summed E-state index contributed by atoms with van der Waals surface area (Å²) in [6.07, 6.45) is 3.81. The van der Waals surface area contributed by atoms with Gasteiger partial charge < -0.3 is 5.32 Å². The normalized spacial score (nSPS) is 19.5. The summed E-state index contributed by atoms with van der Waals surface area (Å²) in [7, 11) is 0. The van der Waals surface area contributed by atoms with Crippen molar-refractivity contribution in [2.24, 2.45) is 5.92 Å². The van der Waals surface area contributed by atoms with Crippen molar-refractivity contribution < 1.29 is 0 Å². The van der Waals surface area contributed by atoms with Crippen LogP contribution in [-0.2, 0) is 6.54 Å².